The zero-order valence-corrected chi connectivity index (χ0v) is 9.15. The summed E-state index contributed by atoms with van der Waals surface area (Å²) >= 11 is 0. The van der Waals surface area contributed by atoms with Crippen LogP contribution < -0.4 is 10.1 Å². The fraction of sp³-hybridized carbons (Fsp3) is 0.500. The van der Waals surface area contributed by atoms with E-state index in [1.54, 1.807) is 0 Å². The van der Waals surface area contributed by atoms with Crippen molar-refractivity contribution in [2.75, 3.05) is 26.2 Å². The summed E-state index contributed by atoms with van der Waals surface area (Å²) < 4.78 is 5.92. The molecule has 1 aromatic carbocycles. The molecule has 0 radical (unpaired) electrons. The van der Waals surface area contributed by atoms with Gasteiger partial charge in [-0.15, -0.1) is 0 Å². The molecule has 1 aliphatic rings. The third kappa shape index (κ3) is 2.70. The van der Waals surface area contributed by atoms with Gasteiger partial charge in [0.2, 0.25) is 0 Å². The van der Waals surface area contributed by atoms with Crippen LogP contribution in [0.5, 0.6) is 5.75 Å². The van der Waals surface area contributed by atoms with Crippen molar-refractivity contribution in [3.05, 3.63) is 30.3 Å². The third-order valence-electron chi connectivity index (χ3n) is 2.72. The van der Waals surface area contributed by atoms with Gasteiger partial charge < -0.3 is 10.1 Å². The first-order chi connectivity index (χ1) is 7.40. The van der Waals surface area contributed by atoms with Crippen molar-refractivity contribution >= 4 is 0 Å². The minimum atomic E-state index is 0.172. The molecular weight excluding hydrogens is 188 g/mol. The fourth-order valence-corrected chi connectivity index (χ4v) is 1.86. The summed E-state index contributed by atoms with van der Waals surface area (Å²) in [7, 11) is 0. The Morgan fingerprint density at radius 1 is 1.40 bits per heavy atom. The number of nitrogens with zero attached hydrogens (tertiary/aromatic N) is 1. The quantitative estimate of drug-likeness (QED) is 0.807. The van der Waals surface area contributed by atoms with E-state index in [9.17, 15) is 0 Å². The smallest absolute Gasteiger partial charge is 0.165 e. The second-order valence-corrected chi connectivity index (χ2v) is 3.72. The van der Waals surface area contributed by atoms with Crippen molar-refractivity contribution < 1.29 is 4.74 Å². The number of nitrogens with one attached hydrogen (secondary N) is 1. The maximum Gasteiger partial charge on any atom is 0.165 e. The van der Waals surface area contributed by atoms with Crippen LogP contribution in [0, 0.1) is 0 Å². The number of hydrogen-bond acceptors (Lipinski definition) is 3. The Bertz CT molecular complexity index is 289. The molecule has 82 valence electrons. The Kier molecular flexibility index (Phi) is 3.59. The van der Waals surface area contributed by atoms with Crippen LogP contribution in [0.2, 0.25) is 0 Å². The number of rotatable bonds is 3. The molecule has 0 amide bonds. The van der Waals surface area contributed by atoms with Gasteiger partial charge in [0, 0.05) is 19.6 Å². The highest BCUT2D eigenvalue weighted by Gasteiger charge is 2.21. The summed E-state index contributed by atoms with van der Waals surface area (Å²) in [5.41, 5.74) is 0. The predicted octanol–water partition coefficient (Wildman–Crippen LogP) is 1.32. The monoisotopic (exact) mass is 206 g/mol. The Labute approximate surface area is 91.0 Å². The maximum atomic E-state index is 5.92. The zero-order valence-electron chi connectivity index (χ0n) is 9.15. The molecule has 3 heteroatoms. The molecular formula is C12H18N2O. The molecule has 1 heterocycles. The molecule has 0 bridgehead atoms. The summed E-state index contributed by atoms with van der Waals surface area (Å²) in [6.45, 7) is 6.24. The Morgan fingerprint density at radius 3 is 2.93 bits per heavy atom. The molecule has 0 spiro atoms. The summed E-state index contributed by atoms with van der Waals surface area (Å²) in [6, 6.07) is 10.0. The summed E-state index contributed by atoms with van der Waals surface area (Å²) in [4.78, 5) is 2.35. The van der Waals surface area contributed by atoms with Crippen molar-refractivity contribution in [3.8, 4) is 5.75 Å². The Morgan fingerprint density at radius 2 is 2.20 bits per heavy atom. The van der Waals surface area contributed by atoms with Crippen molar-refractivity contribution in [2.24, 2.45) is 0 Å². The second kappa shape index (κ2) is 5.14. The van der Waals surface area contributed by atoms with Crippen molar-refractivity contribution in [1.82, 2.24) is 10.2 Å². The number of piperazine rings is 1. The predicted molar refractivity (Wildman–Crippen MR) is 61.0 cm³/mol. The molecule has 1 aliphatic heterocycles. The van der Waals surface area contributed by atoms with Crippen LogP contribution in [-0.4, -0.2) is 37.3 Å². The number of benzene rings is 1. The highest BCUT2D eigenvalue weighted by Crippen LogP contribution is 2.13. The van der Waals surface area contributed by atoms with Gasteiger partial charge in [0.15, 0.2) is 6.23 Å². The van der Waals surface area contributed by atoms with Gasteiger partial charge in [-0.2, -0.15) is 0 Å². The van der Waals surface area contributed by atoms with E-state index in [-0.39, 0.29) is 6.23 Å². The molecule has 1 aromatic rings. The largest absolute Gasteiger partial charge is 0.474 e. The van der Waals surface area contributed by atoms with Crippen LogP contribution in [0.15, 0.2) is 30.3 Å². The van der Waals surface area contributed by atoms with Crippen LogP contribution in [0.3, 0.4) is 0 Å². The lowest BCUT2D eigenvalue weighted by atomic mass is 10.3. The van der Waals surface area contributed by atoms with Crippen LogP contribution in [0.4, 0.5) is 0 Å². The first-order valence-corrected chi connectivity index (χ1v) is 5.56. The van der Waals surface area contributed by atoms with E-state index in [4.69, 9.17) is 4.74 Å². The molecule has 1 N–H and O–H groups in total. The first kappa shape index (κ1) is 10.5. The Hall–Kier alpha value is -1.06. The van der Waals surface area contributed by atoms with E-state index in [1.807, 2.05) is 30.3 Å². The van der Waals surface area contributed by atoms with Crippen LogP contribution >= 0.6 is 0 Å². The molecule has 0 aromatic heterocycles. The van der Waals surface area contributed by atoms with Gasteiger partial charge in [0.05, 0.1) is 0 Å². The van der Waals surface area contributed by atoms with Crippen molar-refractivity contribution in [1.29, 1.82) is 0 Å². The summed E-state index contributed by atoms with van der Waals surface area (Å²) in [6.07, 6.45) is 0.172. The van der Waals surface area contributed by atoms with Crippen LogP contribution in [0.1, 0.15) is 6.92 Å². The van der Waals surface area contributed by atoms with Gasteiger partial charge in [-0.1, -0.05) is 25.1 Å². The first-order valence-electron chi connectivity index (χ1n) is 5.56. The SMILES string of the molecule is CCN1CCNCC1Oc1ccccc1. The maximum absolute atomic E-state index is 5.92. The standard InChI is InChI=1S/C12H18N2O/c1-2-14-9-8-13-10-12(14)15-11-6-4-3-5-7-11/h3-7,12-13H,2,8-10H2,1H3. The van der Waals surface area contributed by atoms with Gasteiger partial charge in [0.25, 0.3) is 0 Å². The van der Waals surface area contributed by atoms with E-state index in [1.165, 1.54) is 0 Å². The van der Waals surface area contributed by atoms with E-state index in [0.29, 0.717) is 0 Å². The average molecular weight is 206 g/mol. The molecule has 0 saturated carbocycles. The lowest BCUT2D eigenvalue weighted by molar-refractivity contribution is 0.0112. The third-order valence-corrected chi connectivity index (χ3v) is 2.72. The van der Waals surface area contributed by atoms with Crippen LogP contribution in [-0.2, 0) is 0 Å². The van der Waals surface area contributed by atoms with Gasteiger partial charge in [-0.05, 0) is 18.7 Å². The van der Waals surface area contributed by atoms with E-state index >= 15 is 0 Å². The number of para-hydroxylation sites is 1. The highest BCUT2D eigenvalue weighted by atomic mass is 16.5. The minimum Gasteiger partial charge on any atom is -0.474 e. The zero-order chi connectivity index (χ0) is 10.5. The molecule has 1 saturated heterocycles. The lowest BCUT2D eigenvalue weighted by Gasteiger charge is -2.35. The normalized spacial score (nSPS) is 22.6. The molecule has 1 atom stereocenters. The number of hydrogen-bond donors (Lipinski definition) is 1. The van der Waals surface area contributed by atoms with E-state index in [2.05, 4.69) is 17.1 Å². The highest BCUT2D eigenvalue weighted by molar-refractivity contribution is 5.21. The van der Waals surface area contributed by atoms with Gasteiger partial charge >= 0.3 is 0 Å². The van der Waals surface area contributed by atoms with Crippen LogP contribution in [0.25, 0.3) is 0 Å². The number of ether oxygens (including phenoxy) is 1. The van der Waals surface area contributed by atoms with Crippen molar-refractivity contribution in [2.45, 2.75) is 13.2 Å². The van der Waals surface area contributed by atoms with E-state index < -0.39 is 0 Å². The molecule has 1 unspecified atom stereocenters. The average Bonchev–Trinajstić information content (AvgIpc) is 2.31. The topological polar surface area (TPSA) is 24.5 Å². The molecule has 1 fully saturated rings. The van der Waals surface area contributed by atoms with Gasteiger partial charge in [0.1, 0.15) is 5.75 Å². The van der Waals surface area contributed by atoms with Gasteiger partial charge in [-0.3, -0.25) is 4.90 Å². The summed E-state index contributed by atoms with van der Waals surface area (Å²) in [5, 5.41) is 3.35. The van der Waals surface area contributed by atoms with Crippen molar-refractivity contribution in [3.63, 3.8) is 0 Å². The van der Waals surface area contributed by atoms with Gasteiger partial charge in [-0.25, -0.2) is 0 Å². The lowest BCUT2D eigenvalue weighted by Crippen LogP contribution is -2.53. The molecule has 0 aliphatic carbocycles. The fourth-order valence-electron chi connectivity index (χ4n) is 1.86. The Balaban J connectivity index is 1.97. The molecule has 2 rings (SSSR count). The minimum absolute atomic E-state index is 0.172. The summed E-state index contributed by atoms with van der Waals surface area (Å²) in [5.74, 6) is 0.949. The molecule has 15 heavy (non-hydrogen) atoms. The second-order valence-electron chi connectivity index (χ2n) is 3.72. The molecule has 3 nitrogen and oxygen atoms in total. The number of likely N-dealkylation sites (N-methyl/N-ethyl adjacent to an activating group) is 1. The van der Waals surface area contributed by atoms with E-state index in [0.717, 1.165) is 31.9 Å².